The Kier molecular flexibility index (Phi) is 9.22. The minimum Gasteiger partial charge on any atom is -0.469 e. The molecular formula is C32H35FN4O5S. The lowest BCUT2D eigenvalue weighted by atomic mass is 10.0. The van der Waals surface area contributed by atoms with Crippen molar-refractivity contribution in [2.24, 2.45) is 7.05 Å². The van der Waals surface area contributed by atoms with Crippen LogP contribution in [0.2, 0.25) is 0 Å². The Morgan fingerprint density at radius 2 is 1.95 bits per heavy atom. The van der Waals surface area contributed by atoms with E-state index in [0.717, 1.165) is 27.2 Å². The average Bonchev–Trinajstić information content (AvgIpc) is 3.72. The number of ether oxygens (including phenoxy) is 2. The molecule has 1 N–H and O–H groups in total. The molecule has 0 bridgehead atoms. The molecule has 226 valence electrons. The molecule has 2 aromatic carbocycles. The van der Waals surface area contributed by atoms with Gasteiger partial charge in [-0.3, -0.25) is 14.4 Å². The quantitative estimate of drug-likeness (QED) is 0.244. The van der Waals surface area contributed by atoms with Crippen LogP contribution < -0.4 is 5.32 Å². The van der Waals surface area contributed by atoms with Crippen molar-refractivity contribution in [1.82, 2.24) is 14.5 Å². The lowest BCUT2D eigenvalue weighted by molar-refractivity contribution is -0.140. The zero-order valence-electron chi connectivity index (χ0n) is 24.7. The summed E-state index contributed by atoms with van der Waals surface area (Å²) in [5.74, 6) is -1.41. The Labute approximate surface area is 253 Å². The number of esters is 1. The number of aromatic nitrogens is 2. The first-order valence-corrected chi connectivity index (χ1v) is 15.0. The number of aryl methyl sites for hydroxylation is 3. The number of thiazole rings is 1. The molecule has 1 aliphatic heterocycles. The van der Waals surface area contributed by atoms with Crippen molar-refractivity contribution in [3.05, 3.63) is 81.2 Å². The summed E-state index contributed by atoms with van der Waals surface area (Å²) >= 11 is 1.47. The maximum absolute atomic E-state index is 15.4. The molecule has 1 saturated heterocycles. The van der Waals surface area contributed by atoms with E-state index in [1.165, 1.54) is 24.5 Å². The fourth-order valence-corrected chi connectivity index (χ4v) is 6.81. The lowest BCUT2D eigenvalue weighted by Gasteiger charge is -2.29. The average molecular weight is 607 g/mol. The molecule has 4 aromatic rings. The molecule has 11 heteroatoms. The highest BCUT2D eigenvalue weighted by atomic mass is 32.1. The SMILES string of the molecule is COC[C@@H]1CC[C@@H](c2ncc(CCC(=O)OC)s2)N1C(=O)Cc1cc(C)c(NC(=O)c2cn(C)c3ccccc23)cc1F. The minimum absolute atomic E-state index is 0.137. The maximum Gasteiger partial charge on any atom is 0.305 e. The Hall–Kier alpha value is -4.09. The van der Waals surface area contributed by atoms with Crippen molar-refractivity contribution in [2.75, 3.05) is 26.1 Å². The number of hydrogen-bond acceptors (Lipinski definition) is 7. The number of nitrogens with zero attached hydrogens (tertiary/aromatic N) is 3. The largest absolute Gasteiger partial charge is 0.469 e. The standard InChI is InChI=1S/C32H35FN4O5S/c1-19-13-20(25(33)15-26(19)35-31(40)24-17-36(2)27-8-6-5-7-23(24)27)14-29(38)37-21(18-41-3)9-11-28(37)32-34-16-22(43-32)10-12-30(39)42-4/h5-8,13,15-17,21,28H,9-12,14,18H2,1-4H3,(H,35,40)/t21-,28-/m0/s1. The molecule has 9 nitrogen and oxygen atoms in total. The molecule has 0 spiro atoms. The number of hydrogen-bond donors (Lipinski definition) is 1. The normalized spacial score (nSPS) is 16.5. The third kappa shape index (κ3) is 6.47. The molecule has 2 amide bonds. The number of benzene rings is 2. The molecule has 5 rings (SSSR count). The second-order valence-corrected chi connectivity index (χ2v) is 12.0. The monoisotopic (exact) mass is 606 g/mol. The molecule has 2 aromatic heterocycles. The van der Waals surface area contributed by atoms with Crippen LogP contribution in [-0.2, 0) is 39.0 Å². The molecule has 1 aliphatic rings. The second kappa shape index (κ2) is 13.0. The highest BCUT2D eigenvalue weighted by Crippen LogP contribution is 2.39. The summed E-state index contributed by atoms with van der Waals surface area (Å²) in [5.41, 5.74) is 2.68. The van der Waals surface area contributed by atoms with Crippen LogP contribution in [-0.4, -0.2) is 59.1 Å². The number of fused-ring (bicyclic) bond motifs is 1. The van der Waals surface area contributed by atoms with Crippen LogP contribution in [0.25, 0.3) is 10.9 Å². The zero-order valence-corrected chi connectivity index (χ0v) is 25.5. The van der Waals surface area contributed by atoms with Crippen LogP contribution in [0.5, 0.6) is 0 Å². The Balaban J connectivity index is 1.32. The number of rotatable bonds is 10. The van der Waals surface area contributed by atoms with Gasteiger partial charge in [-0.15, -0.1) is 11.3 Å². The van der Waals surface area contributed by atoms with E-state index < -0.39 is 5.82 Å². The number of methoxy groups -OCH3 is 2. The van der Waals surface area contributed by atoms with Crippen LogP contribution in [0, 0.1) is 12.7 Å². The number of amides is 2. The van der Waals surface area contributed by atoms with E-state index in [-0.39, 0.29) is 48.3 Å². The van der Waals surface area contributed by atoms with Gasteiger partial charge in [0, 0.05) is 48.0 Å². The number of likely N-dealkylation sites (tertiary alicyclic amines) is 1. The van der Waals surface area contributed by atoms with Crippen molar-refractivity contribution in [1.29, 1.82) is 0 Å². The van der Waals surface area contributed by atoms with E-state index in [4.69, 9.17) is 9.47 Å². The van der Waals surface area contributed by atoms with E-state index in [9.17, 15) is 14.4 Å². The summed E-state index contributed by atoms with van der Waals surface area (Å²) in [5, 5.41) is 4.44. The predicted molar refractivity (Wildman–Crippen MR) is 163 cm³/mol. The number of halogens is 1. The van der Waals surface area contributed by atoms with E-state index in [2.05, 4.69) is 10.3 Å². The first kappa shape index (κ1) is 30.4. The maximum atomic E-state index is 15.4. The van der Waals surface area contributed by atoms with Gasteiger partial charge >= 0.3 is 5.97 Å². The topological polar surface area (TPSA) is 103 Å². The lowest BCUT2D eigenvalue weighted by Crippen LogP contribution is -2.40. The second-order valence-electron chi connectivity index (χ2n) is 10.8. The van der Waals surface area contributed by atoms with Gasteiger partial charge in [-0.05, 0) is 49.4 Å². The van der Waals surface area contributed by atoms with E-state index in [1.54, 1.807) is 37.4 Å². The highest BCUT2D eigenvalue weighted by Gasteiger charge is 2.39. The van der Waals surface area contributed by atoms with Crippen molar-refractivity contribution in [3.8, 4) is 0 Å². The van der Waals surface area contributed by atoms with E-state index in [0.29, 0.717) is 36.3 Å². The fourth-order valence-electron chi connectivity index (χ4n) is 5.76. The molecule has 1 fully saturated rings. The van der Waals surface area contributed by atoms with Crippen LogP contribution in [0.15, 0.2) is 48.8 Å². The van der Waals surface area contributed by atoms with Crippen molar-refractivity contribution < 1.29 is 28.2 Å². The van der Waals surface area contributed by atoms with Crippen molar-refractivity contribution in [2.45, 2.75) is 51.1 Å². The molecule has 0 aliphatic carbocycles. The van der Waals surface area contributed by atoms with Crippen molar-refractivity contribution in [3.63, 3.8) is 0 Å². The van der Waals surface area contributed by atoms with Gasteiger partial charge in [0.05, 0.1) is 44.2 Å². The number of para-hydroxylation sites is 1. The number of nitrogens with one attached hydrogen (secondary N) is 1. The van der Waals surface area contributed by atoms with Gasteiger partial charge < -0.3 is 24.3 Å². The van der Waals surface area contributed by atoms with E-state index >= 15 is 4.39 Å². The van der Waals surface area contributed by atoms with Gasteiger partial charge in [0.1, 0.15) is 10.8 Å². The van der Waals surface area contributed by atoms with Gasteiger partial charge in [0.2, 0.25) is 5.91 Å². The highest BCUT2D eigenvalue weighted by molar-refractivity contribution is 7.11. The summed E-state index contributed by atoms with van der Waals surface area (Å²) in [4.78, 5) is 45.7. The Morgan fingerprint density at radius 3 is 2.72 bits per heavy atom. The fraction of sp³-hybridized carbons (Fsp3) is 0.375. The molecule has 2 atom stereocenters. The van der Waals surface area contributed by atoms with Gasteiger partial charge in [-0.2, -0.15) is 0 Å². The summed E-state index contributed by atoms with van der Waals surface area (Å²) in [7, 11) is 4.83. The zero-order chi connectivity index (χ0) is 30.7. The number of carbonyl (C=O) groups is 3. The molecule has 0 radical (unpaired) electrons. The Morgan fingerprint density at radius 1 is 1.16 bits per heavy atom. The molecule has 0 unspecified atom stereocenters. The van der Waals surface area contributed by atoms with Crippen LogP contribution >= 0.6 is 11.3 Å². The predicted octanol–water partition coefficient (Wildman–Crippen LogP) is 5.36. The first-order valence-electron chi connectivity index (χ1n) is 14.2. The summed E-state index contributed by atoms with van der Waals surface area (Å²) in [6.45, 7) is 2.15. The van der Waals surface area contributed by atoms with Gasteiger partial charge in [0.15, 0.2) is 0 Å². The number of carbonyl (C=O) groups excluding carboxylic acids is 3. The molecule has 0 saturated carbocycles. The van der Waals surface area contributed by atoms with E-state index in [1.807, 2.05) is 35.9 Å². The van der Waals surface area contributed by atoms with Crippen LogP contribution in [0.3, 0.4) is 0 Å². The van der Waals surface area contributed by atoms with Crippen molar-refractivity contribution >= 4 is 45.7 Å². The van der Waals surface area contributed by atoms with Crippen LogP contribution in [0.4, 0.5) is 10.1 Å². The molecular weight excluding hydrogens is 571 g/mol. The summed E-state index contributed by atoms with van der Waals surface area (Å²) < 4.78 is 27.5. The third-order valence-corrected chi connectivity index (χ3v) is 9.09. The number of anilines is 1. The summed E-state index contributed by atoms with van der Waals surface area (Å²) in [6, 6.07) is 10.1. The van der Waals surface area contributed by atoms with Gasteiger partial charge in [-0.1, -0.05) is 24.3 Å². The first-order chi connectivity index (χ1) is 20.7. The van der Waals surface area contributed by atoms with Crippen LogP contribution in [0.1, 0.15) is 56.7 Å². The van der Waals surface area contributed by atoms with Gasteiger partial charge in [0.25, 0.3) is 5.91 Å². The van der Waals surface area contributed by atoms with Gasteiger partial charge in [-0.25, -0.2) is 9.37 Å². The summed E-state index contributed by atoms with van der Waals surface area (Å²) in [6.07, 6.45) is 5.58. The molecule has 43 heavy (non-hydrogen) atoms. The smallest absolute Gasteiger partial charge is 0.305 e. The molecule has 3 heterocycles. The Bertz CT molecular complexity index is 1660. The minimum atomic E-state index is -0.564. The third-order valence-electron chi connectivity index (χ3n) is 7.93.